The fourth-order valence-corrected chi connectivity index (χ4v) is 2.95. The molecule has 3 aromatic rings. The number of guanidine groups is 1. The molecule has 140 valence electrons. The molecule has 3 rings (SSSR count). The minimum Gasteiger partial charge on any atom is -0.361 e. The Labute approximate surface area is 159 Å². The number of aromatic nitrogens is 1. The first-order chi connectivity index (χ1) is 13.1. The van der Waals surface area contributed by atoms with Crippen LogP contribution in [0.15, 0.2) is 65.8 Å². The molecule has 0 spiro atoms. The van der Waals surface area contributed by atoms with Crippen molar-refractivity contribution >= 4 is 28.5 Å². The van der Waals surface area contributed by atoms with Gasteiger partial charge in [-0.3, -0.25) is 15.1 Å². The summed E-state index contributed by atoms with van der Waals surface area (Å²) in [5.41, 5.74) is 3.25. The number of nitrogens with one attached hydrogen (secondary N) is 3. The zero-order chi connectivity index (χ0) is 19.1. The molecule has 3 N–H and O–H groups in total. The highest BCUT2D eigenvalue weighted by atomic mass is 16.1. The number of rotatable bonds is 6. The van der Waals surface area contributed by atoms with Gasteiger partial charge in [-0.25, -0.2) is 0 Å². The lowest BCUT2D eigenvalue weighted by Crippen LogP contribution is -2.36. The van der Waals surface area contributed by atoms with Crippen LogP contribution in [-0.2, 0) is 11.2 Å². The van der Waals surface area contributed by atoms with E-state index in [0.717, 1.165) is 17.6 Å². The second-order valence-electron chi connectivity index (χ2n) is 6.98. The van der Waals surface area contributed by atoms with Crippen molar-refractivity contribution in [1.29, 1.82) is 0 Å². The fourth-order valence-electron chi connectivity index (χ4n) is 2.95. The number of anilines is 1. The van der Waals surface area contributed by atoms with Crippen molar-refractivity contribution in [2.45, 2.75) is 26.7 Å². The molecular weight excluding hydrogens is 336 g/mol. The Morgan fingerprint density at radius 1 is 1.07 bits per heavy atom. The minimum absolute atomic E-state index is 0.0284. The standard InChI is InChI=1S/C22H26N4O/c1-16(2)14-21(27)26-22(25-18-8-4-3-5-9-18)23-13-12-17-15-24-20-11-7-6-10-19(17)20/h3-11,15-16,24H,12-14H2,1-2H3,(H2,23,25,26,27). The van der Waals surface area contributed by atoms with Crippen LogP contribution in [0.3, 0.4) is 0 Å². The molecular formula is C22H26N4O. The predicted molar refractivity (Wildman–Crippen MR) is 112 cm³/mol. The van der Waals surface area contributed by atoms with Gasteiger partial charge in [0.25, 0.3) is 0 Å². The second-order valence-corrected chi connectivity index (χ2v) is 6.98. The van der Waals surface area contributed by atoms with Crippen molar-refractivity contribution in [3.63, 3.8) is 0 Å². The van der Waals surface area contributed by atoms with Crippen LogP contribution in [0, 0.1) is 5.92 Å². The maximum Gasteiger partial charge on any atom is 0.226 e. The van der Waals surface area contributed by atoms with Gasteiger partial charge in [-0.05, 0) is 36.1 Å². The molecule has 1 heterocycles. The Kier molecular flexibility index (Phi) is 6.26. The molecule has 2 aromatic carbocycles. The normalized spacial score (nSPS) is 11.7. The number of fused-ring (bicyclic) bond motifs is 1. The lowest BCUT2D eigenvalue weighted by atomic mass is 10.1. The average Bonchev–Trinajstić information content (AvgIpc) is 3.05. The number of aliphatic imine (C=N–C) groups is 1. The Balaban J connectivity index is 1.69. The molecule has 5 nitrogen and oxygen atoms in total. The van der Waals surface area contributed by atoms with Gasteiger partial charge < -0.3 is 10.3 Å². The predicted octanol–water partition coefficient (Wildman–Crippen LogP) is 4.34. The molecule has 0 saturated heterocycles. The summed E-state index contributed by atoms with van der Waals surface area (Å²) in [6.45, 7) is 4.63. The molecule has 0 unspecified atom stereocenters. The molecule has 1 amide bonds. The van der Waals surface area contributed by atoms with E-state index in [1.807, 2.05) is 62.5 Å². The van der Waals surface area contributed by atoms with E-state index >= 15 is 0 Å². The third-order valence-electron chi connectivity index (χ3n) is 4.21. The van der Waals surface area contributed by atoms with E-state index in [1.54, 1.807) is 0 Å². The van der Waals surface area contributed by atoms with Gasteiger partial charge in [-0.15, -0.1) is 0 Å². The summed E-state index contributed by atoms with van der Waals surface area (Å²) in [5.74, 6) is 0.764. The van der Waals surface area contributed by atoms with Crippen LogP contribution < -0.4 is 10.6 Å². The quantitative estimate of drug-likeness (QED) is 0.451. The molecule has 0 bridgehead atoms. The van der Waals surface area contributed by atoms with Crippen molar-refractivity contribution in [3.05, 3.63) is 66.4 Å². The summed E-state index contributed by atoms with van der Waals surface area (Å²) in [6, 6.07) is 18.0. The SMILES string of the molecule is CC(C)CC(=O)NC(=NCCc1c[nH]c2ccccc12)Nc1ccccc1. The molecule has 0 fully saturated rings. The zero-order valence-corrected chi connectivity index (χ0v) is 15.8. The minimum atomic E-state index is -0.0284. The van der Waals surface area contributed by atoms with Gasteiger partial charge in [0.2, 0.25) is 11.9 Å². The number of hydrogen-bond acceptors (Lipinski definition) is 2. The largest absolute Gasteiger partial charge is 0.361 e. The highest BCUT2D eigenvalue weighted by Gasteiger charge is 2.09. The number of hydrogen-bond donors (Lipinski definition) is 3. The fraction of sp³-hybridized carbons (Fsp3) is 0.273. The van der Waals surface area contributed by atoms with Crippen molar-refractivity contribution in [2.24, 2.45) is 10.9 Å². The average molecular weight is 362 g/mol. The van der Waals surface area contributed by atoms with E-state index in [2.05, 4.69) is 32.7 Å². The number of carbonyl (C=O) groups excluding carboxylic acids is 1. The molecule has 0 aliphatic rings. The summed E-state index contributed by atoms with van der Waals surface area (Å²) in [5, 5.41) is 7.33. The van der Waals surface area contributed by atoms with Crippen LogP contribution in [-0.4, -0.2) is 23.4 Å². The Hall–Kier alpha value is -3.08. The smallest absolute Gasteiger partial charge is 0.226 e. The molecule has 0 aliphatic carbocycles. The van der Waals surface area contributed by atoms with Crippen molar-refractivity contribution in [3.8, 4) is 0 Å². The maximum absolute atomic E-state index is 12.2. The number of H-pyrrole nitrogens is 1. The van der Waals surface area contributed by atoms with Gasteiger partial charge in [0.15, 0.2) is 0 Å². The Bertz CT molecular complexity index is 912. The zero-order valence-electron chi connectivity index (χ0n) is 15.8. The molecule has 5 heteroatoms. The number of nitrogens with zero attached hydrogens (tertiary/aromatic N) is 1. The first-order valence-electron chi connectivity index (χ1n) is 9.33. The van der Waals surface area contributed by atoms with Crippen molar-refractivity contribution < 1.29 is 4.79 Å². The molecule has 0 aliphatic heterocycles. The first kappa shape index (κ1) is 18.7. The van der Waals surface area contributed by atoms with E-state index in [9.17, 15) is 4.79 Å². The van der Waals surface area contributed by atoms with E-state index in [-0.39, 0.29) is 5.91 Å². The van der Waals surface area contributed by atoms with E-state index in [1.165, 1.54) is 10.9 Å². The number of carbonyl (C=O) groups is 1. The molecule has 1 aromatic heterocycles. The van der Waals surface area contributed by atoms with Crippen LogP contribution in [0.2, 0.25) is 0 Å². The van der Waals surface area contributed by atoms with Crippen LogP contribution in [0.1, 0.15) is 25.8 Å². The molecule has 0 saturated carbocycles. The summed E-state index contributed by atoms with van der Waals surface area (Å²) in [7, 11) is 0. The van der Waals surface area contributed by atoms with E-state index < -0.39 is 0 Å². The van der Waals surface area contributed by atoms with Gasteiger partial charge in [0.05, 0.1) is 0 Å². The highest BCUT2D eigenvalue weighted by molar-refractivity contribution is 6.04. The van der Waals surface area contributed by atoms with Gasteiger partial charge in [-0.2, -0.15) is 0 Å². The third kappa shape index (κ3) is 5.45. The lowest BCUT2D eigenvalue weighted by Gasteiger charge is -2.12. The van der Waals surface area contributed by atoms with Crippen LogP contribution in [0.4, 0.5) is 5.69 Å². The number of para-hydroxylation sites is 2. The monoisotopic (exact) mass is 362 g/mol. The summed E-state index contributed by atoms with van der Waals surface area (Å²) < 4.78 is 0. The summed E-state index contributed by atoms with van der Waals surface area (Å²) in [6.07, 6.45) is 3.30. The van der Waals surface area contributed by atoms with Crippen molar-refractivity contribution in [2.75, 3.05) is 11.9 Å². The second kappa shape index (κ2) is 9.03. The summed E-state index contributed by atoms with van der Waals surface area (Å²) >= 11 is 0. The molecule has 27 heavy (non-hydrogen) atoms. The van der Waals surface area contributed by atoms with E-state index in [0.29, 0.717) is 24.8 Å². The maximum atomic E-state index is 12.2. The van der Waals surface area contributed by atoms with Crippen molar-refractivity contribution in [1.82, 2.24) is 10.3 Å². The van der Waals surface area contributed by atoms with E-state index in [4.69, 9.17) is 0 Å². The lowest BCUT2D eigenvalue weighted by molar-refractivity contribution is -0.120. The number of benzene rings is 2. The van der Waals surface area contributed by atoms with Gasteiger partial charge in [-0.1, -0.05) is 50.2 Å². The van der Waals surface area contributed by atoms with Gasteiger partial charge >= 0.3 is 0 Å². The Morgan fingerprint density at radius 2 is 1.81 bits per heavy atom. The summed E-state index contributed by atoms with van der Waals surface area (Å²) in [4.78, 5) is 20.1. The third-order valence-corrected chi connectivity index (χ3v) is 4.21. The topological polar surface area (TPSA) is 69.3 Å². The molecule has 0 atom stereocenters. The van der Waals surface area contributed by atoms with Gasteiger partial charge in [0, 0.05) is 35.8 Å². The first-order valence-corrected chi connectivity index (χ1v) is 9.33. The Morgan fingerprint density at radius 3 is 2.59 bits per heavy atom. The number of amides is 1. The van der Waals surface area contributed by atoms with Gasteiger partial charge in [0.1, 0.15) is 0 Å². The highest BCUT2D eigenvalue weighted by Crippen LogP contribution is 2.18. The van der Waals surface area contributed by atoms with Crippen LogP contribution in [0.25, 0.3) is 10.9 Å². The molecule has 0 radical (unpaired) electrons. The number of aromatic amines is 1. The van der Waals surface area contributed by atoms with Crippen LogP contribution in [0.5, 0.6) is 0 Å². The van der Waals surface area contributed by atoms with Crippen LogP contribution >= 0.6 is 0 Å².